The molecule has 0 aromatic heterocycles. The van der Waals surface area contributed by atoms with Gasteiger partial charge in [-0.15, -0.1) is 0 Å². The third kappa shape index (κ3) is 2.81. The van der Waals surface area contributed by atoms with Gasteiger partial charge in [-0.3, -0.25) is 9.59 Å². The van der Waals surface area contributed by atoms with Crippen molar-refractivity contribution in [3.8, 4) is 0 Å². The minimum Gasteiger partial charge on any atom is -0.343 e. The number of nitrogens with zero attached hydrogens (tertiary/aromatic N) is 1. The van der Waals surface area contributed by atoms with Gasteiger partial charge >= 0.3 is 0 Å². The quantitative estimate of drug-likeness (QED) is 0.904. The van der Waals surface area contributed by atoms with Crippen LogP contribution in [-0.4, -0.2) is 28.3 Å². The molecule has 2 rings (SSSR count). The Morgan fingerprint density at radius 1 is 1.43 bits per heavy atom. The van der Waals surface area contributed by atoms with Gasteiger partial charge in [0.05, 0.1) is 4.47 Å². The molecule has 2 unspecified atom stereocenters. The van der Waals surface area contributed by atoms with Gasteiger partial charge in [-0.25, -0.2) is 4.39 Å². The molecule has 1 saturated heterocycles. The van der Waals surface area contributed by atoms with Gasteiger partial charge in [0.25, 0.3) is 0 Å². The van der Waals surface area contributed by atoms with E-state index in [-0.39, 0.29) is 24.2 Å². The van der Waals surface area contributed by atoms with Gasteiger partial charge < -0.3 is 10.2 Å². The Labute approximate surface area is 131 Å². The van der Waals surface area contributed by atoms with Gasteiger partial charge in [0.2, 0.25) is 11.8 Å². The molecular formula is C15H18BrFN2O2. The van der Waals surface area contributed by atoms with Gasteiger partial charge in [0, 0.05) is 6.54 Å². The number of rotatable bonds is 3. The molecule has 1 aliphatic heterocycles. The second-order valence-corrected chi connectivity index (χ2v) is 6.35. The molecule has 4 nitrogen and oxygen atoms in total. The lowest BCUT2D eigenvalue weighted by atomic mass is 9.90. The summed E-state index contributed by atoms with van der Waals surface area (Å²) in [4.78, 5) is 26.3. The maximum Gasteiger partial charge on any atom is 0.246 e. The van der Waals surface area contributed by atoms with Crippen molar-refractivity contribution >= 4 is 27.7 Å². The van der Waals surface area contributed by atoms with Crippen LogP contribution in [0.2, 0.25) is 0 Å². The lowest BCUT2D eigenvalue weighted by Gasteiger charge is -2.45. The van der Waals surface area contributed by atoms with Crippen LogP contribution in [0.5, 0.6) is 0 Å². The molecule has 0 aliphatic carbocycles. The predicted molar refractivity (Wildman–Crippen MR) is 81.0 cm³/mol. The second kappa shape index (κ2) is 5.75. The molecule has 1 heterocycles. The van der Waals surface area contributed by atoms with Crippen molar-refractivity contribution in [1.29, 1.82) is 0 Å². The summed E-state index contributed by atoms with van der Waals surface area (Å²) in [5.74, 6) is -0.634. The normalized spacial score (nSPS) is 26.0. The Hall–Kier alpha value is -1.43. The summed E-state index contributed by atoms with van der Waals surface area (Å²) in [7, 11) is 0. The van der Waals surface area contributed by atoms with Crippen LogP contribution >= 0.6 is 15.9 Å². The topological polar surface area (TPSA) is 49.4 Å². The number of amides is 2. The Balaban J connectivity index is 2.35. The molecule has 21 heavy (non-hydrogen) atoms. The number of hydrogen-bond acceptors (Lipinski definition) is 2. The first-order valence-corrected chi connectivity index (χ1v) is 7.65. The van der Waals surface area contributed by atoms with Gasteiger partial charge in [-0.1, -0.05) is 13.0 Å². The van der Waals surface area contributed by atoms with Crippen molar-refractivity contribution in [3.63, 3.8) is 0 Å². The largest absolute Gasteiger partial charge is 0.343 e. The maximum atomic E-state index is 13.3. The number of carbonyl (C=O) groups is 2. The Morgan fingerprint density at radius 2 is 2.10 bits per heavy atom. The molecule has 2 amide bonds. The SMILES string of the molecule is CCC1(C)C(=O)NC(C)C(=O)N1Cc1ccc(F)c(Br)c1. The van der Waals surface area contributed by atoms with Gasteiger partial charge in [0.1, 0.15) is 17.4 Å². The van der Waals surface area contributed by atoms with E-state index in [4.69, 9.17) is 0 Å². The van der Waals surface area contributed by atoms with E-state index in [1.54, 1.807) is 30.9 Å². The fraction of sp³-hybridized carbons (Fsp3) is 0.467. The first-order valence-electron chi connectivity index (χ1n) is 6.86. The summed E-state index contributed by atoms with van der Waals surface area (Å²) < 4.78 is 13.7. The van der Waals surface area contributed by atoms with E-state index in [0.29, 0.717) is 10.9 Å². The first-order chi connectivity index (χ1) is 9.79. The summed E-state index contributed by atoms with van der Waals surface area (Å²) in [5, 5.41) is 2.71. The fourth-order valence-electron chi connectivity index (χ4n) is 2.44. The van der Waals surface area contributed by atoms with Crippen LogP contribution in [0.15, 0.2) is 22.7 Å². The van der Waals surface area contributed by atoms with E-state index in [1.807, 2.05) is 6.92 Å². The summed E-state index contributed by atoms with van der Waals surface area (Å²) in [6, 6.07) is 4.07. The summed E-state index contributed by atoms with van der Waals surface area (Å²) in [6.45, 7) is 5.57. The number of piperazine rings is 1. The number of benzene rings is 1. The van der Waals surface area contributed by atoms with Crippen molar-refractivity contribution in [2.24, 2.45) is 0 Å². The lowest BCUT2D eigenvalue weighted by molar-refractivity contribution is -0.157. The van der Waals surface area contributed by atoms with Crippen LogP contribution in [0.3, 0.4) is 0 Å². The average molecular weight is 357 g/mol. The van der Waals surface area contributed by atoms with E-state index >= 15 is 0 Å². The smallest absolute Gasteiger partial charge is 0.246 e. The monoisotopic (exact) mass is 356 g/mol. The molecule has 1 aromatic carbocycles. The Bertz CT molecular complexity index is 593. The molecular weight excluding hydrogens is 339 g/mol. The van der Waals surface area contributed by atoms with Crippen molar-refractivity contribution in [1.82, 2.24) is 10.2 Å². The molecule has 1 aliphatic rings. The minimum absolute atomic E-state index is 0.126. The molecule has 114 valence electrons. The van der Waals surface area contributed by atoms with Gasteiger partial charge in [0.15, 0.2) is 0 Å². The Morgan fingerprint density at radius 3 is 2.67 bits per heavy atom. The van der Waals surface area contributed by atoms with Crippen LogP contribution < -0.4 is 5.32 Å². The van der Waals surface area contributed by atoms with Crippen molar-refractivity contribution in [3.05, 3.63) is 34.1 Å². The summed E-state index contributed by atoms with van der Waals surface area (Å²) in [5.41, 5.74) is -0.108. The first kappa shape index (κ1) is 15.9. The second-order valence-electron chi connectivity index (χ2n) is 5.50. The predicted octanol–water partition coefficient (Wildman–Crippen LogP) is 2.60. The Kier molecular flexibility index (Phi) is 4.37. The zero-order valence-electron chi connectivity index (χ0n) is 12.2. The van der Waals surface area contributed by atoms with Crippen molar-refractivity contribution in [2.45, 2.75) is 45.3 Å². The number of nitrogens with one attached hydrogen (secondary N) is 1. The molecule has 2 atom stereocenters. The van der Waals surface area contributed by atoms with E-state index in [1.165, 1.54) is 6.07 Å². The van der Waals surface area contributed by atoms with Gasteiger partial charge in [-0.2, -0.15) is 0 Å². The average Bonchev–Trinajstić information content (AvgIpc) is 2.45. The highest BCUT2D eigenvalue weighted by molar-refractivity contribution is 9.10. The third-order valence-electron chi connectivity index (χ3n) is 4.08. The molecule has 0 bridgehead atoms. The highest BCUT2D eigenvalue weighted by Gasteiger charge is 2.46. The lowest BCUT2D eigenvalue weighted by Crippen LogP contribution is -2.68. The summed E-state index contributed by atoms with van der Waals surface area (Å²) in [6.07, 6.45) is 0.514. The van der Waals surface area contributed by atoms with Crippen LogP contribution in [0.25, 0.3) is 0 Å². The van der Waals surface area contributed by atoms with Crippen molar-refractivity contribution in [2.75, 3.05) is 0 Å². The number of halogens is 2. The van der Waals surface area contributed by atoms with Crippen molar-refractivity contribution < 1.29 is 14.0 Å². The molecule has 1 N–H and O–H groups in total. The molecule has 0 saturated carbocycles. The van der Waals surface area contributed by atoms with Crippen LogP contribution in [0.1, 0.15) is 32.8 Å². The highest BCUT2D eigenvalue weighted by atomic mass is 79.9. The van der Waals surface area contributed by atoms with E-state index < -0.39 is 11.6 Å². The molecule has 1 aromatic rings. The van der Waals surface area contributed by atoms with Crippen LogP contribution in [0.4, 0.5) is 4.39 Å². The van der Waals surface area contributed by atoms with E-state index in [2.05, 4.69) is 21.2 Å². The number of carbonyl (C=O) groups excluding carboxylic acids is 2. The van der Waals surface area contributed by atoms with Gasteiger partial charge in [-0.05, 0) is 53.9 Å². The standard InChI is InChI=1S/C15H18BrFN2O2/c1-4-15(3)14(21)18-9(2)13(20)19(15)8-10-5-6-12(17)11(16)7-10/h5-7,9H,4,8H2,1-3H3,(H,18,21). The van der Waals surface area contributed by atoms with E-state index in [9.17, 15) is 14.0 Å². The molecule has 1 fully saturated rings. The molecule has 0 radical (unpaired) electrons. The highest BCUT2D eigenvalue weighted by Crippen LogP contribution is 2.28. The zero-order chi connectivity index (χ0) is 15.8. The molecule has 0 spiro atoms. The minimum atomic E-state index is -0.884. The van der Waals surface area contributed by atoms with Crippen LogP contribution in [-0.2, 0) is 16.1 Å². The van der Waals surface area contributed by atoms with E-state index in [0.717, 1.165) is 5.56 Å². The zero-order valence-corrected chi connectivity index (χ0v) is 13.8. The third-order valence-corrected chi connectivity index (χ3v) is 4.69. The molecule has 6 heteroatoms. The maximum absolute atomic E-state index is 13.3. The van der Waals surface area contributed by atoms with Crippen LogP contribution in [0, 0.1) is 5.82 Å². The number of hydrogen-bond donors (Lipinski definition) is 1. The fourth-order valence-corrected chi connectivity index (χ4v) is 2.86. The summed E-state index contributed by atoms with van der Waals surface area (Å²) >= 11 is 3.14.